The molecule has 3 heterocycles. The summed E-state index contributed by atoms with van der Waals surface area (Å²) < 4.78 is 7.22. The highest BCUT2D eigenvalue weighted by Gasteiger charge is 2.34. The Hall–Kier alpha value is -3.12. The number of hydrogen-bond acceptors (Lipinski definition) is 4. The second kappa shape index (κ2) is 7.85. The lowest BCUT2D eigenvalue weighted by atomic mass is 9.95. The number of hydrogen-bond donors (Lipinski definition) is 0. The van der Waals surface area contributed by atoms with Gasteiger partial charge in [-0.15, -0.1) is 11.3 Å². The van der Waals surface area contributed by atoms with Crippen molar-refractivity contribution in [3.05, 3.63) is 76.3 Å². The molecule has 31 heavy (non-hydrogen) atoms. The SMILES string of the molecule is COc1ccc(CC2CCN2C(=O)c2cc3c(C)nn(-c4ccccc4C)c3s2)cc1. The highest BCUT2D eigenvalue weighted by atomic mass is 32.1. The molecule has 0 N–H and O–H groups in total. The number of ether oxygens (including phenoxy) is 1. The zero-order valence-electron chi connectivity index (χ0n) is 18.0. The monoisotopic (exact) mass is 431 g/mol. The summed E-state index contributed by atoms with van der Waals surface area (Å²) in [6, 6.07) is 18.6. The molecule has 2 aromatic heterocycles. The van der Waals surface area contributed by atoms with Crippen LogP contribution >= 0.6 is 11.3 Å². The molecule has 1 aliphatic heterocycles. The van der Waals surface area contributed by atoms with E-state index in [4.69, 9.17) is 9.84 Å². The van der Waals surface area contributed by atoms with E-state index < -0.39 is 0 Å². The quantitative estimate of drug-likeness (QED) is 0.438. The summed E-state index contributed by atoms with van der Waals surface area (Å²) >= 11 is 1.54. The first-order valence-electron chi connectivity index (χ1n) is 10.5. The first kappa shape index (κ1) is 19.8. The topological polar surface area (TPSA) is 47.4 Å². The molecule has 0 aliphatic carbocycles. The number of nitrogens with zero attached hydrogens (tertiary/aromatic N) is 3. The molecule has 2 aromatic carbocycles. The van der Waals surface area contributed by atoms with Crippen molar-refractivity contribution in [3.8, 4) is 11.4 Å². The predicted octanol–water partition coefficient (Wildman–Crippen LogP) is 5.17. The van der Waals surface area contributed by atoms with E-state index in [1.54, 1.807) is 7.11 Å². The molecule has 1 unspecified atom stereocenters. The normalized spacial score (nSPS) is 15.8. The molecule has 5 nitrogen and oxygen atoms in total. The van der Waals surface area contributed by atoms with Gasteiger partial charge in [0.2, 0.25) is 0 Å². The fourth-order valence-corrected chi connectivity index (χ4v) is 5.34. The summed E-state index contributed by atoms with van der Waals surface area (Å²) in [5.74, 6) is 0.982. The van der Waals surface area contributed by atoms with Gasteiger partial charge in [-0.25, -0.2) is 4.68 Å². The molecule has 0 saturated carbocycles. The van der Waals surface area contributed by atoms with Crippen molar-refractivity contribution in [1.29, 1.82) is 0 Å². The van der Waals surface area contributed by atoms with Crippen molar-refractivity contribution in [2.24, 2.45) is 0 Å². The van der Waals surface area contributed by atoms with E-state index in [0.29, 0.717) is 0 Å². The number of aromatic nitrogens is 2. The number of amides is 1. The first-order chi connectivity index (χ1) is 15.0. The van der Waals surface area contributed by atoms with Gasteiger partial charge in [-0.05, 0) is 62.1 Å². The maximum atomic E-state index is 13.3. The van der Waals surface area contributed by atoms with Gasteiger partial charge in [0.15, 0.2) is 0 Å². The van der Waals surface area contributed by atoms with Gasteiger partial charge in [-0.3, -0.25) is 4.79 Å². The molecule has 1 atom stereocenters. The van der Waals surface area contributed by atoms with Crippen LogP contribution in [0.2, 0.25) is 0 Å². The number of thiophene rings is 1. The van der Waals surface area contributed by atoms with E-state index in [1.807, 2.05) is 46.8 Å². The van der Waals surface area contributed by atoms with Gasteiger partial charge >= 0.3 is 0 Å². The smallest absolute Gasteiger partial charge is 0.264 e. The van der Waals surface area contributed by atoms with E-state index in [1.165, 1.54) is 16.9 Å². The fourth-order valence-electron chi connectivity index (χ4n) is 4.21. The maximum absolute atomic E-state index is 13.3. The minimum atomic E-state index is 0.127. The largest absolute Gasteiger partial charge is 0.497 e. The van der Waals surface area contributed by atoms with Gasteiger partial charge in [0.25, 0.3) is 5.91 Å². The lowest BCUT2D eigenvalue weighted by molar-refractivity contribution is 0.0470. The van der Waals surface area contributed by atoms with Crippen LogP contribution in [0.1, 0.15) is 32.9 Å². The van der Waals surface area contributed by atoms with Gasteiger partial charge in [-0.2, -0.15) is 5.10 Å². The Labute approximate surface area is 185 Å². The molecule has 1 saturated heterocycles. The number of methoxy groups -OCH3 is 1. The molecule has 158 valence electrons. The molecular formula is C25H25N3O2S. The highest BCUT2D eigenvalue weighted by molar-refractivity contribution is 7.20. The van der Waals surface area contributed by atoms with Crippen molar-refractivity contribution < 1.29 is 9.53 Å². The van der Waals surface area contributed by atoms with E-state index in [9.17, 15) is 4.79 Å². The second-order valence-electron chi connectivity index (χ2n) is 8.11. The van der Waals surface area contributed by atoms with Crippen LogP contribution in [0, 0.1) is 13.8 Å². The van der Waals surface area contributed by atoms with Gasteiger partial charge in [0, 0.05) is 18.0 Å². The Morgan fingerprint density at radius 2 is 1.94 bits per heavy atom. The number of rotatable bonds is 5. The van der Waals surface area contributed by atoms with E-state index in [-0.39, 0.29) is 11.9 Å². The van der Waals surface area contributed by atoms with Crippen LogP contribution in [0.15, 0.2) is 54.6 Å². The summed E-state index contributed by atoms with van der Waals surface area (Å²) in [6.45, 7) is 4.91. The summed E-state index contributed by atoms with van der Waals surface area (Å²) in [6.07, 6.45) is 1.91. The zero-order valence-corrected chi connectivity index (χ0v) is 18.8. The number of para-hydroxylation sites is 1. The Bertz CT molecular complexity index is 1260. The summed E-state index contributed by atoms with van der Waals surface area (Å²) in [5.41, 5.74) is 4.40. The van der Waals surface area contributed by atoms with Gasteiger partial charge in [-0.1, -0.05) is 30.3 Å². The number of carbonyl (C=O) groups is 1. The number of fused-ring (bicyclic) bond motifs is 1. The van der Waals surface area contributed by atoms with Crippen LogP contribution in [-0.4, -0.2) is 40.3 Å². The minimum Gasteiger partial charge on any atom is -0.497 e. The van der Waals surface area contributed by atoms with Crippen molar-refractivity contribution in [3.63, 3.8) is 0 Å². The van der Waals surface area contributed by atoms with Crippen molar-refractivity contribution >= 4 is 27.5 Å². The molecule has 4 aromatic rings. The number of carbonyl (C=O) groups excluding carboxylic acids is 1. The zero-order chi connectivity index (χ0) is 21.5. The third-order valence-electron chi connectivity index (χ3n) is 6.13. The Kier molecular flexibility index (Phi) is 5.02. The van der Waals surface area contributed by atoms with E-state index >= 15 is 0 Å². The molecule has 1 amide bonds. The standard InChI is InChI=1S/C25H25N3O2S/c1-16-6-4-5-7-22(16)28-25-21(17(2)26-28)15-23(31-25)24(29)27-13-12-19(27)14-18-8-10-20(30-3)11-9-18/h4-11,15,19H,12-14H2,1-3H3. The first-order valence-corrected chi connectivity index (χ1v) is 11.4. The lowest BCUT2D eigenvalue weighted by Crippen LogP contribution is -2.51. The Morgan fingerprint density at radius 1 is 1.16 bits per heavy atom. The van der Waals surface area contributed by atoms with E-state index in [0.717, 1.165) is 57.2 Å². The van der Waals surface area contributed by atoms with Crippen LogP contribution < -0.4 is 4.74 Å². The summed E-state index contributed by atoms with van der Waals surface area (Å²) in [7, 11) is 1.67. The fraction of sp³-hybridized carbons (Fsp3) is 0.280. The molecule has 0 bridgehead atoms. The summed E-state index contributed by atoms with van der Waals surface area (Å²) in [4.78, 5) is 17.1. The van der Waals surface area contributed by atoms with Crippen LogP contribution in [0.4, 0.5) is 0 Å². The molecule has 0 radical (unpaired) electrons. The van der Waals surface area contributed by atoms with Gasteiger partial charge in [0.1, 0.15) is 10.6 Å². The van der Waals surface area contributed by atoms with Crippen LogP contribution in [0.25, 0.3) is 15.9 Å². The second-order valence-corrected chi connectivity index (χ2v) is 9.14. The van der Waals surface area contributed by atoms with Gasteiger partial charge < -0.3 is 9.64 Å². The third kappa shape index (κ3) is 3.51. The average Bonchev–Trinajstić information content (AvgIpc) is 3.33. The van der Waals surface area contributed by atoms with Crippen molar-refractivity contribution in [2.75, 3.05) is 13.7 Å². The molecule has 6 heteroatoms. The maximum Gasteiger partial charge on any atom is 0.264 e. The van der Waals surface area contributed by atoms with Gasteiger partial charge in [0.05, 0.1) is 23.4 Å². The highest BCUT2D eigenvalue weighted by Crippen LogP contribution is 2.34. The molecule has 5 rings (SSSR count). The lowest BCUT2D eigenvalue weighted by Gasteiger charge is -2.41. The van der Waals surface area contributed by atoms with Crippen LogP contribution in [-0.2, 0) is 6.42 Å². The Balaban J connectivity index is 1.40. The predicted molar refractivity (Wildman–Crippen MR) is 125 cm³/mol. The average molecular weight is 432 g/mol. The number of likely N-dealkylation sites (tertiary alicyclic amines) is 1. The summed E-state index contributed by atoms with van der Waals surface area (Å²) in [5, 5.41) is 5.80. The Morgan fingerprint density at radius 3 is 2.61 bits per heavy atom. The van der Waals surface area contributed by atoms with Crippen molar-refractivity contribution in [2.45, 2.75) is 32.7 Å². The third-order valence-corrected chi connectivity index (χ3v) is 7.23. The molecule has 0 spiro atoms. The minimum absolute atomic E-state index is 0.127. The number of benzene rings is 2. The van der Waals surface area contributed by atoms with Crippen LogP contribution in [0.3, 0.4) is 0 Å². The molecule has 1 aliphatic rings. The van der Waals surface area contributed by atoms with Crippen molar-refractivity contribution in [1.82, 2.24) is 14.7 Å². The van der Waals surface area contributed by atoms with E-state index in [2.05, 4.69) is 31.2 Å². The van der Waals surface area contributed by atoms with Crippen LogP contribution in [0.5, 0.6) is 5.75 Å². The molecule has 1 fully saturated rings. The number of aryl methyl sites for hydroxylation is 2. The molecular weight excluding hydrogens is 406 g/mol.